The van der Waals surface area contributed by atoms with Crippen LogP contribution in [0.15, 0.2) is 0 Å². The Balaban J connectivity index is 2.26. The molecule has 0 unspecified atom stereocenters. The minimum Gasteiger partial charge on any atom is -0.375 e. The number of methoxy groups -OCH3 is 1. The molecular formula is C9H17NO2. The van der Waals surface area contributed by atoms with Gasteiger partial charge in [0, 0.05) is 20.2 Å². The summed E-state index contributed by atoms with van der Waals surface area (Å²) in [5.41, 5.74) is 0. The minimum absolute atomic E-state index is 0.118. The summed E-state index contributed by atoms with van der Waals surface area (Å²) in [6, 6.07) is 0. The Morgan fingerprint density at radius 3 is 2.67 bits per heavy atom. The molecule has 12 heavy (non-hydrogen) atoms. The van der Waals surface area contributed by atoms with Crippen LogP contribution in [0.3, 0.4) is 0 Å². The fourth-order valence-electron chi connectivity index (χ4n) is 1.23. The largest absolute Gasteiger partial charge is 0.375 e. The van der Waals surface area contributed by atoms with E-state index in [9.17, 15) is 4.79 Å². The second-order valence-corrected chi connectivity index (χ2v) is 3.31. The van der Waals surface area contributed by atoms with Crippen molar-refractivity contribution in [2.24, 2.45) is 5.92 Å². The van der Waals surface area contributed by atoms with Crippen molar-refractivity contribution in [3.05, 3.63) is 0 Å². The number of rotatable bonds is 5. The van der Waals surface area contributed by atoms with Crippen LogP contribution in [0.25, 0.3) is 0 Å². The quantitative estimate of drug-likeness (QED) is 0.615. The fraction of sp³-hybridized carbons (Fsp3) is 0.889. The summed E-state index contributed by atoms with van der Waals surface area (Å²) in [5.74, 6) is 0.887. The van der Waals surface area contributed by atoms with Crippen molar-refractivity contribution < 1.29 is 9.53 Å². The molecular weight excluding hydrogens is 154 g/mol. The third-order valence-electron chi connectivity index (χ3n) is 2.18. The summed E-state index contributed by atoms with van der Waals surface area (Å²) in [6.45, 7) is 3.97. The van der Waals surface area contributed by atoms with Crippen LogP contribution < -0.4 is 0 Å². The highest BCUT2D eigenvalue weighted by molar-refractivity contribution is 5.77. The highest BCUT2D eigenvalue weighted by atomic mass is 16.5. The molecule has 0 saturated heterocycles. The lowest BCUT2D eigenvalue weighted by atomic mass is 10.3. The molecule has 0 heterocycles. The molecule has 1 fully saturated rings. The molecule has 0 aliphatic heterocycles. The summed E-state index contributed by atoms with van der Waals surface area (Å²) >= 11 is 0. The van der Waals surface area contributed by atoms with Crippen molar-refractivity contribution >= 4 is 5.91 Å². The average molecular weight is 171 g/mol. The molecule has 1 rings (SSSR count). The molecule has 1 amide bonds. The minimum atomic E-state index is 0.118. The summed E-state index contributed by atoms with van der Waals surface area (Å²) in [4.78, 5) is 13.2. The first-order chi connectivity index (χ1) is 5.77. The van der Waals surface area contributed by atoms with Crippen molar-refractivity contribution in [3.63, 3.8) is 0 Å². The van der Waals surface area contributed by atoms with Crippen LogP contribution >= 0.6 is 0 Å². The number of likely N-dealkylation sites (N-methyl/N-ethyl adjacent to an activating group) is 1. The summed E-state index contributed by atoms with van der Waals surface area (Å²) < 4.78 is 4.80. The van der Waals surface area contributed by atoms with Gasteiger partial charge < -0.3 is 9.64 Å². The van der Waals surface area contributed by atoms with Gasteiger partial charge in [-0.15, -0.1) is 0 Å². The maximum atomic E-state index is 11.3. The molecule has 0 atom stereocenters. The maximum absolute atomic E-state index is 11.3. The standard InChI is InChI=1S/C9H17NO2/c1-3-10(6-8-4-5-8)9(11)7-12-2/h8H,3-7H2,1-2H3. The Morgan fingerprint density at radius 2 is 2.25 bits per heavy atom. The van der Waals surface area contributed by atoms with Crippen LogP contribution in [-0.2, 0) is 9.53 Å². The number of nitrogens with zero attached hydrogens (tertiary/aromatic N) is 1. The first-order valence-electron chi connectivity index (χ1n) is 4.54. The molecule has 0 aromatic carbocycles. The monoisotopic (exact) mass is 171 g/mol. The zero-order valence-corrected chi connectivity index (χ0v) is 7.88. The van der Waals surface area contributed by atoms with Gasteiger partial charge in [-0.1, -0.05) is 0 Å². The molecule has 0 N–H and O–H groups in total. The van der Waals surface area contributed by atoms with Gasteiger partial charge >= 0.3 is 0 Å². The van der Waals surface area contributed by atoms with Gasteiger partial charge in [0.05, 0.1) is 0 Å². The lowest BCUT2D eigenvalue weighted by molar-refractivity contribution is -0.135. The Labute approximate surface area is 73.7 Å². The van der Waals surface area contributed by atoms with Crippen LogP contribution in [0.4, 0.5) is 0 Å². The molecule has 1 saturated carbocycles. The van der Waals surface area contributed by atoms with E-state index < -0.39 is 0 Å². The third kappa shape index (κ3) is 2.81. The van der Waals surface area contributed by atoms with E-state index in [0.29, 0.717) is 0 Å². The Hall–Kier alpha value is -0.570. The van der Waals surface area contributed by atoms with E-state index in [4.69, 9.17) is 4.74 Å². The Morgan fingerprint density at radius 1 is 1.58 bits per heavy atom. The Kier molecular flexibility index (Phi) is 3.53. The van der Waals surface area contributed by atoms with Crippen molar-refractivity contribution in [1.82, 2.24) is 4.90 Å². The van der Waals surface area contributed by atoms with E-state index in [1.165, 1.54) is 12.8 Å². The van der Waals surface area contributed by atoms with E-state index in [1.54, 1.807) is 7.11 Å². The summed E-state index contributed by atoms with van der Waals surface area (Å²) in [7, 11) is 1.56. The molecule has 1 aliphatic carbocycles. The smallest absolute Gasteiger partial charge is 0.248 e. The van der Waals surface area contributed by atoms with Crippen LogP contribution in [0.5, 0.6) is 0 Å². The first kappa shape index (κ1) is 9.52. The number of hydrogen-bond acceptors (Lipinski definition) is 2. The number of ether oxygens (including phenoxy) is 1. The first-order valence-corrected chi connectivity index (χ1v) is 4.54. The van der Waals surface area contributed by atoms with Gasteiger partial charge in [0.2, 0.25) is 5.91 Å². The predicted octanol–water partition coefficient (Wildman–Crippen LogP) is 0.891. The maximum Gasteiger partial charge on any atom is 0.248 e. The zero-order valence-electron chi connectivity index (χ0n) is 7.88. The number of amides is 1. The summed E-state index contributed by atoms with van der Waals surface area (Å²) in [5, 5.41) is 0. The second kappa shape index (κ2) is 4.45. The Bertz CT molecular complexity index is 155. The number of carbonyl (C=O) groups is 1. The fourth-order valence-corrected chi connectivity index (χ4v) is 1.23. The number of hydrogen-bond donors (Lipinski definition) is 0. The van der Waals surface area contributed by atoms with E-state index in [2.05, 4.69) is 0 Å². The molecule has 70 valence electrons. The average Bonchev–Trinajstić information content (AvgIpc) is 2.84. The topological polar surface area (TPSA) is 29.5 Å². The van der Waals surface area contributed by atoms with Crippen molar-refractivity contribution in [3.8, 4) is 0 Å². The second-order valence-electron chi connectivity index (χ2n) is 3.31. The van der Waals surface area contributed by atoms with E-state index in [0.717, 1.165) is 19.0 Å². The molecule has 0 aromatic rings. The van der Waals surface area contributed by atoms with Gasteiger partial charge in [-0.2, -0.15) is 0 Å². The van der Waals surface area contributed by atoms with Crippen molar-refractivity contribution in [2.75, 3.05) is 26.8 Å². The lowest BCUT2D eigenvalue weighted by Crippen LogP contribution is -2.35. The molecule has 0 radical (unpaired) electrons. The molecule has 3 nitrogen and oxygen atoms in total. The van der Waals surface area contributed by atoms with Gasteiger partial charge in [0.25, 0.3) is 0 Å². The van der Waals surface area contributed by atoms with Gasteiger partial charge in [-0.25, -0.2) is 0 Å². The molecule has 1 aliphatic rings. The summed E-state index contributed by atoms with van der Waals surface area (Å²) in [6.07, 6.45) is 2.58. The van der Waals surface area contributed by atoms with Crippen LogP contribution in [0, 0.1) is 5.92 Å². The zero-order chi connectivity index (χ0) is 8.97. The van der Waals surface area contributed by atoms with Crippen molar-refractivity contribution in [1.29, 1.82) is 0 Å². The third-order valence-corrected chi connectivity index (χ3v) is 2.18. The molecule has 0 spiro atoms. The molecule has 3 heteroatoms. The highest BCUT2D eigenvalue weighted by Gasteiger charge is 2.25. The van der Waals surface area contributed by atoms with Crippen LogP contribution in [0.2, 0.25) is 0 Å². The van der Waals surface area contributed by atoms with Gasteiger partial charge in [-0.05, 0) is 25.7 Å². The van der Waals surface area contributed by atoms with E-state index in [-0.39, 0.29) is 12.5 Å². The SMILES string of the molecule is CCN(CC1CC1)C(=O)COC. The predicted molar refractivity (Wildman–Crippen MR) is 46.9 cm³/mol. The van der Waals surface area contributed by atoms with Gasteiger partial charge in [0.1, 0.15) is 6.61 Å². The number of carbonyl (C=O) groups excluding carboxylic acids is 1. The lowest BCUT2D eigenvalue weighted by Gasteiger charge is -2.19. The highest BCUT2D eigenvalue weighted by Crippen LogP contribution is 2.29. The van der Waals surface area contributed by atoms with Crippen LogP contribution in [-0.4, -0.2) is 37.6 Å². The van der Waals surface area contributed by atoms with E-state index >= 15 is 0 Å². The van der Waals surface area contributed by atoms with E-state index in [1.807, 2.05) is 11.8 Å². The van der Waals surface area contributed by atoms with Gasteiger partial charge in [0.15, 0.2) is 0 Å². The van der Waals surface area contributed by atoms with Crippen molar-refractivity contribution in [2.45, 2.75) is 19.8 Å². The molecule has 0 aromatic heterocycles. The van der Waals surface area contributed by atoms with Gasteiger partial charge in [-0.3, -0.25) is 4.79 Å². The van der Waals surface area contributed by atoms with Crippen LogP contribution in [0.1, 0.15) is 19.8 Å². The normalized spacial score (nSPS) is 16.2. The molecule has 0 bridgehead atoms.